The van der Waals surface area contributed by atoms with E-state index in [1.165, 1.54) is 10.5 Å². The van der Waals surface area contributed by atoms with Gasteiger partial charge >= 0.3 is 0 Å². The van der Waals surface area contributed by atoms with E-state index in [4.69, 9.17) is 0 Å². The maximum absolute atomic E-state index is 3.14. The van der Waals surface area contributed by atoms with Gasteiger partial charge in [0.2, 0.25) is 0 Å². The molecule has 0 aliphatic rings. The molecule has 0 aliphatic heterocycles. The van der Waals surface area contributed by atoms with Crippen molar-refractivity contribution in [2.24, 2.45) is 0 Å². The van der Waals surface area contributed by atoms with Crippen LogP contribution in [0.4, 0.5) is 0 Å². The molecule has 0 saturated carbocycles. The van der Waals surface area contributed by atoms with Crippen molar-refractivity contribution in [1.82, 2.24) is 5.32 Å². The summed E-state index contributed by atoms with van der Waals surface area (Å²) in [6, 6.07) is 8.67. The van der Waals surface area contributed by atoms with Crippen molar-refractivity contribution >= 4 is 11.8 Å². The second-order valence-electron chi connectivity index (χ2n) is 2.61. The predicted octanol–water partition coefficient (Wildman–Crippen LogP) is 2.52. The SMILES string of the molecule is CCSc1cccc(CNC)c1. The Morgan fingerprint density at radius 1 is 1.42 bits per heavy atom. The van der Waals surface area contributed by atoms with Gasteiger partial charge in [-0.1, -0.05) is 19.1 Å². The molecule has 12 heavy (non-hydrogen) atoms. The molecule has 0 radical (unpaired) electrons. The third-order valence-electron chi connectivity index (χ3n) is 1.59. The highest BCUT2D eigenvalue weighted by molar-refractivity contribution is 7.99. The van der Waals surface area contributed by atoms with E-state index in [9.17, 15) is 0 Å². The zero-order valence-electron chi connectivity index (χ0n) is 7.63. The monoisotopic (exact) mass is 181 g/mol. The summed E-state index contributed by atoms with van der Waals surface area (Å²) in [7, 11) is 1.97. The Labute approximate surface area is 78.6 Å². The van der Waals surface area contributed by atoms with Crippen LogP contribution in [-0.4, -0.2) is 12.8 Å². The van der Waals surface area contributed by atoms with Crippen molar-refractivity contribution in [2.45, 2.75) is 18.4 Å². The molecule has 0 atom stereocenters. The molecule has 1 rings (SSSR count). The third-order valence-corrected chi connectivity index (χ3v) is 2.47. The first-order valence-corrected chi connectivity index (χ1v) is 5.21. The summed E-state index contributed by atoms with van der Waals surface area (Å²) in [5.41, 5.74) is 1.36. The molecule has 1 nitrogen and oxygen atoms in total. The molecule has 0 aliphatic carbocycles. The van der Waals surface area contributed by atoms with Crippen LogP contribution in [0.15, 0.2) is 29.2 Å². The molecule has 0 bridgehead atoms. The molecule has 0 fully saturated rings. The van der Waals surface area contributed by atoms with Crippen LogP contribution in [-0.2, 0) is 6.54 Å². The minimum absolute atomic E-state index is 0.956. The first kappa shape index (κ1) is 9.62. The molecule has 2 heteroatoms. The van der Waals surface area contributed by atoms with Crippen molar-refractivity contribution in [1.29, 1.82) is 0 Å². The lowest BCUT2D eigenvalue weighted by molar-refractivity contribution is 0.815. The van der Waals surface area contributed by atoms with E-state index in [1.54, 1.807) is 0 Å². The zero-order valence-corrected chi connectivity index (χ0v) is 8.45. The van der Waals surface area contributed by atoms with E-state index in [1.807, 2.05) is 18.8 Å². The minimum atomic E-state index is 0.956. The molecule has 0 unspecified atom stereocenters. The number of hydrogen-bond acceptors (Lipinski definition) is 2. The Hall–Kier alpha value is -0.470. The standard InChI is InChI=1S/C10H15NS/c1-3-12-10-6-4-5-9(7-10)8-11-2/h4-7,11H,3,8H2,1-2H3. The second kappa shape index (κ2) is 5.22. The quantitative estimate of drug-likeness (QED) is 0.716. The summed E-state index contributed by atoms with van der Waals surface area (Å²) in [5, 5.41) is 3.14. The fourth-order valence-electron chi connectivity index (χ4n) is 1.12. The predicted molar refractivity (Wildman–Crippen MR) is 55.6 cm³/mol. The summed E-state index contributed by atoms with van der Waals surface area (Å²) in [4.78, 5) is 1.37. The first-order valence-electron chi connectivity index (χ1n) is 4.23. The lowest BCUT2D eigenvalue weighted by Crippen LogP contribution is -2.04. The molecule has 0 saturated heterocycles. The van der Waals surface area contributed by atoms with Crippen molar-refractivity contribution in [3.63, 3.8) is 0 Å². The van der Waals surface area contributed by atoms with Crippen molar-refractivity contribution in [3.05, 3.63) is 29.8 Å². The summed E-state index contributed by atoms with van der Waals surface area (Å²) >= 11 is 1.89. The van der Waals surface area contributed by atoms with Crippen LogP contribution in [0.2, 0.25) is 0 Å². The van der Waals surface area contributed by atoms with Crippen LogP contribution in [0.5, 0.6) is 0 Å². The van der Waals surface area contributed by atoms with Gasteiger partial charge in [-0.25, -0.2) is 0 Å². The van der Waals surface area contributed by atoms with E-state index in [-0.39, 0.29) is 0 Å². The maximum Gasteiger partial charge on any atom is 0.0202 e. The van der Waals surface area contributed by atoms with Gasteiger partial charge in [0.15, 0.2) is 0 Å². The topological polar surface area (TPSA) is 12.0 Å². The normalized spacial score (nSPS) is 10.2. The molecule has 66 valence electrons. The lowest BCUT2D eigenvalue weighted by atomic mass is 10.2. The highest BCUT2D eigenvalue weighted by Crippen LogP contribution is 2.18. The molecular weight excluding hydrogens is 166 g/mol. The Balaban J connectivity index is 2.67. The minimum Gasteiger partial charge on any atom is -0.316 e. The van der Waals surface area contributed by atoms with Gasteiger partial charge < -0.3 is 5.32 Å². The maximum atomic E-state index is 3.14. The largest absolute Gasteiger partial charge is 0.316 e. The molecule has 0 aromatic heterocycles. The van der Waals surface area contributed by atoms with Crippen molar-refractivity contribution < 1.29 is 0 Å². The molecular formula is C10H15NS. The van der Waals surface area contributed by atoms with Gasteiger partial charge in [0, 0.05) is 11.4 Å². The van der Waals surface area contributed by atoms with Gasteiger partial charge in [0.25, 0.3) is 0 Å². The molecule has 0 heterocycles. The van der Waals surface area contributed by atoms with Crippen LogP contribution in [0, 0.1) is 0 Å². The highest BCUT2D eigenvalue weighted by Gasteiger charge is 1.93. The zero-order chi connectivity index (χ0) is 8.81. The van der Waals surface area contributed by atoms with Crippen LogP contribution in [0.3, 0.4) is 0 Å². The summed E-state index contributed by atoms with van der Waals surface area (Å²) in [6.07, 6.45) is 0. The van der Waals surface area contributed by atoms with E-state index < -0.39 is 0 Å². The smallest absolute Gasteiger partial charge is 0.0202 e. The Kier molecular flexibility index (Phi) is 4.19. The highest BCUT2D eigenvalue weighted by atomic mass is 32.2. The Morgan fingerprint density at radius 2 is 2.25 bits per heavy atom. The van der Waals surface area contributed by atoms with Crippen LogP contribution >= 0.6 is 11.8 Å². The number of hydrogen-bond donors (Lipinski definition) is 1. The Morgan fingerprint density at radius 3 is 2.92 bits per heavy atom. The van der Waals surface area contributed by atoms with E-state index >= 15 is 0 Å². The van der Waals surface area contributed by atoms with Gasteiger partial charge in [-0.05, 0) is 30.5 Å². The first-order chi connectivity index (χ1) is 5.86. The van der Waals surface area contributed by atoms with Crippen LogP contribution in [0.25, 0.3) is 0 Å². The summed E-state index contributed by atoms with van der Waals surface area (Å²) in [6.45, 7) is 3.13. The van der Waals surface area contributed by atoms with Crippen molar-refractivity contribution in [2.75, 3.05) is 12.8 Å². The van der Waals surface area contributed by atoms with Crippen LogP contribution in [0.1, 0.15) is 12.5 Å². The summed E-state index contributed by atoms with van der Waals surface area (Å²) < 4.78 is 0. The third kappa shape index (κ3) is 2.88. The van der Waals surface area contributed by atoms with E-state index in [0.717, 1.165) is 12.3 Å². The lowest BCUT2D eigenvalue weighted by Gasteiger charge is -2.02. The van der Waals surface area contributed by atoms with Gasteiger partial charge in [0.05, 0.1) is 0 Å². The van der Waals surface area contributed by atoms with Gasteiger partial charge in [-0.2, -0.15) is 0 Å². The molecule has 1 N–H and O–H groups in total. The number of rotatable bonds is 4. The molecule has 0 spiro atoms. The van der Waals surface area contributed by atoms with Crippen LogP contribution < -0.4 is 5.32 Å². The number of benzene rings is 1. The molecule has 1 aromatic rings. The fraction of sp³-hybridized carbons (Fsp3) is 0.400. The van der Waals surface area contributed by atoms with Gasteiger partial charge in [0.1, 0.15) is 0 Å². The fourth-order valence-corrected chi connectivity index (χ4v) is 1.86. The van der Waals surface area contributed by atoms with Gasteiger partial charge in [-0.15, -0.1) is 11.8 Å². The molecule has 0 amide bonds. The average molecular weight is 181 g/mol. The van der Waals surface area contributed by atoms with Crippen molar-refractivity contribution in [3.8, 4) is 0 Å². The number of thioether (sulfide) groups is 1. The number of nitrogens with one attached hydrogen (secondary N) is 1. The van der Waals surface area contributed by atoms with Gasteiger partial charge in [-0.3, -0.25) is 0 Å². The molecule has 1 aromatic carbocycles. The van der Waals surface area contributed by atoms with E-state index in [0.29, 0.717) is 0 Å². The van der Waals surface area contributed by atoms with E-state index in [2.05, 4.69) is 36.5 Å². The average Bonchev–Trinajstić information content (AvgIpc) is 2.06. The summed E-state index contributed by atoms with van der Waals surface area (Å²) in [5.74, 6) is 1.14. The second-order valence-corrected chi connectivity index (χ2v) is 3.95. The Bertz CT molecular complexity index is 214.